The summed E-state index contributed by atoms with van der Waals surface area (Å²) in [6.07, 6.45) is 0. The molecule has 1 saturated heterocycles. The zero-order valence-electron chi connectivity index (χ0n) is 16.8. The van der Waals surface area contributed by atoms with Gasteiger partial charge in [-0.3, -0.25) is 14.4 Å². The molecule has 1 aliphatic rings. The van der Waals surface area contributed by atoms with Gasteiger partial charge in [0.25, 0.3) is 17.7 Å². The van der Waals surface area contributed by atoms with Crippen molar-refractivity contribution < 1.29 is 19.3 Å². The van der Waals surface area contributed by atoms with Gasteiger partial charge in [-0.15, -0.1) is 11.3 Å². The molecule has 0 spiro atoms. The van der Waals surface area contributed by atoms with Gasteiger partial charge in [-0.1, -0.05) is 18.2 Å². The van der Waals surface area contributed by atoms with Crippen LogP contribution in [0.4, 0.5) is 0 Å². The molecule has 7 nitrogen and oxygen atoms in total. The highest BCUT2D eigenvalue weighted by Crippen LogP contribution is 2.13. The van der Waals surface area contributed by atoms with Crippen molar-refractivity contribution in [3.05, 3.63) is 57.8 Å². The maximum Gasteiger partial charge on any atom is 0.277 e. The SMILES string of the molecule is CNC(=O)c1ccc(C[NH+](C)CC(=O)N2CCN(C(=O)c3cccs3)CC2)cc1. The molecule has 1 atom stereocenters. The predicted molar refractivity (Wildman–Crippen MR) is 112 cm³/mol. The van der Waals surface area contributed by atoms with Crippen molar-refractivity contribution in [2.45, 2.75) is 6.54 Å². The first kappa shape index (κ1) is 21.0. The van der Waals surface area contributed by atoms with Gasteiger partial charge in [-0.05, 0) is 23.6 Å². The average Bonchev–Trinajstić information content (AvgIpc) is 3.28. The molecule has 0 bridgehead atoms. The van der Waals surface area contributed by atoms with Crippen LogP contribution < -0.4 is 10.2 Å². The van der Waals surface area contributed by atoms with E-state index in [-0.39, 0.29) is 17.7 Å². The minimum atomic E-state index is -0.107. The van der Waals surface area contributed by atoms with Crippen LogP contribution in [0.25, 0.3) is 0 Å². The molecular weight excluding hydrogens is 388 g/mol. The van der Waals surface area contributed by atoms with E-state index in [9.17, 15) is 14.4 Å². The Hall–Kier alpha value is -2.71. The van der Waals surface area contributed by atoms with Crippen molar-refractivity contribution in [1.29, 1.82) is 0 Å². The van der Waals surface area contributed by atoms with Gasteiger partial charge in [0.2, 0.25) is 0 Å². The lowest BCUT2D eigenvalue weighted by Gasteiger charge is -2.34. The molecule has 1 aromatic carbocycles. The fourth-order valence-corrected chi connectivity index (χ4v) is 4.11. The Labute approximate surface area is 174 Å². The van der Waals surface area contributed by atoms with Crippen LogP contribution in [0.2, 0.25) is 0 Å². The first-order valence-electron chi connectivity index (χ1n) is 9.71. The number of carbonyl (C=O) groups excluding carboxylic acids is 3. The van der Waals surface area contributed by atoms with Crippen LogP contribution >= 0.6 is 11.3 Å². The lowest BCUT2D eigenvalue weighted by Crippen LogP contribution is -3.09. The largest absolute Gasteiger partial charge is 0.355 e. The van der Waals surface area contributed by atoms with Crippen molar-refractivity contribution in [2.75, 3.05) is 46.8 Å². The van der Waals surface area contributed by atoms with Gasteiger partial charge >= 0.3 is 0 Å². The smallest absolute Gasteiger partial charge is 0.277 e. The molecule has 1 fully saturated rings. The van der Waals surface area contributed by atoms with Crippen molar-refractivity contribution in [3.8, 4) is 0 Å². The number of hydrogen-bond donors (Lipinski definition) is 2. The van der Waals surface area contributed by atoms with E-state index in [1.165, 1.54) is 11.3 Å². The summed E-state index contributed by atoms with van der Waals surface area (Å²) in [5, 5.41) is 4.50. The number of hydrogen-bond acceptors (Lipinski definition) is 4. The highest BCUT2D eigenvalue weighted by atomic mass is 32.1. The third-order valence-electron chi connectivity index (χ3n) is 5.05. The maximum atomic E-state index is 12.6. The summed E-state index contributed by atoms with van der Waals surface area (Å²) < 4.78 is 0. The first-order chi connectivity index (χ1) is 14.0. The van der Waals surface area contributed by atoms with Crippen LogP contribution in [0, 0.1) is 0 Å². The molecule has 2 aromatic rings. The second-order valence-electron chi connectivity index (χ2n) is 7.24. The Balaban J connectivity index is 1.45. The zero-order valence-corrected chi connectivity index (χ0v) is 17.6. The quantitative estimate of drug-likeness (QED) is 0.703. The predicted octanol–water partition coefficient (Wildman–Crippen LogP) is 0.107. The third kappa shape index (κ3) is 5.42. The van der Waals surface area contributed by atoms with Crippen LogP contribution in [0.5, 0.6) is 0 Å². The summed E-state index contributed by atoms with van der Waals surface area (Å²) >= 11 is 1.45. The molecule has 1 unspecified atom stereocenters. The van der Waals surface area contributed by atoms with E-state index in [0.29, 0.717) is 44.8 Å². The number of carbonyl (C=O) groups is 3. The highest BCUT2D eigenvalue weighted by Gasteiger charge is 2.26. The molecule has 8 heteroatoms. The average molecular weight is 416 g/mol. The van der Waals surface area contributed by atoms with Gasteiger partial charge in [-0.2, -0.15) is 0 Å². The fourth-order valence-electron chi connectivity index (χ4n) is 3.41. The molecule has 0 radical (unpaired) electrons. The normalized spacial score (nSPS) is 15.1. The van der Waals surface area contributed by atoms with E-state index >= 15 is 0 Å². The molecular formula is C21H27N4O3S+. The van der Waals surface area contributed by atoms with Crippen LogP contribution in [-0.2, 0) is 11.3 Å². The summed E-state index contributed by atoms with van der Waals surface area (Å²) in [6, 6.07) is 11.2. The third-order valence-corrected chi connectivity index (χ3v) is 5.91. The van der Waals surface area contributed by atoms with E-state index in [1.54, 1.807) is 19.2 Å². The molecule has 1 aromatic heterocycles. The fraction of sp³-hybridized carbons (Fsp3) is 0.381. The molecule has 1 aliphatic heterocycles. The van der Waals surface area contributed by atoms with Crippen LogP contribution in [-0.4, -0.2) is 74.3 Å². The zero-order chi connectivity index (χ0) is 20.8. The van der Waals surface area contributed by atoms with Crippen molar-refractivity contribution in [1.82, 2.24) is 15.1 Å². The van der Waals surface area contributed by atoms with Gasteiger partial charge in [0.15, 0.2) is 6.54 Å². The summed E-state index contributed by atoms with van der Waals surface area (Å²) in [7, 11) is 3.60. The number of amides is 3. The van der Waals surface area contributed by atoms with Crippen LogP contribution in [0.15, 0.2) is 41.8 Å². The Kier molecular flexibility index (Phi) is 7.00. The molecule has 3 rings (SSSR count). The standard InChI is InChI=1S/C21H26N4O3S/c1-22-20(27)17-7-5-16(6-8-17)14-23(2)15-19(26)24-9-11-25(12-10-24)21(28)18-4-3-13-29-18/h3-8,13H,9-12,14-15H2,1-2H3,(H,22,27)/p+1. The van der Waals surface area contributed by atoms with Gasteiger partial charge in [0.1, 0.15) is 6.54 Å². The van der Waals surface area contributed by atoms with E-state index in [0.717, 1.165) is 15.3 Å². The molecule has 3 amide bonds. The minimum Gasteiger partial charge on any atom is -0.355 e. The summed E-state index contributed by atoms with van der Waals surface area (Å²) in [5.41, 5.74) is 1.70. The second-order valence-corrected chi connectivity index (χ2v) is 8.18. The summed E-state index contributed by atoms with van der Waals surface area (Å²) in [5.74, 6) is 0.0480. The van der Waals surface area contributed by atoms with E-state index in [1.807, 2.05) is 46.5 Å². The Morgan fingerprint density at radius 1 is 1.03 bits per heavy atom. The number of quaternary nitrogens is 1. The molecule has 0 saturated carbocycles. The number of thiophene rings is 1. The number of benzene rings is 1. The lowest BCUT2D eigenvalue weighted by atomic mass is 10.1. The van der Waals surface area contributed by atoms with Gasteiger partial charge < -0.3 is 20.0 Å². The molecule has 29 heavy (non-hydrogen) atoms. The monoisotopic (exact) mass is 415 g/mol. The van der Waals surface area contributed by atoms with E-state index in [2.05, 4.69) is 5.32 Å². The number of nitrogens with zero attached hydrogens (tertiary/aromatic N) is 2. The summed E-state index contributed by atoms with van der Waals surface area (Å²) in [6.45, 7) is 3.39. The van der Waals surface area contributed by atoms with E-state index in [4.69, 9.17) is 0 Å². The molecule has 154 valence electrons. The summed E-state index contributed by atoms with van der Waals surface area (Å²) in [4.78, 5) is 42.1. The Bertz CT molecular complexity index is 843. The first-order valence-corrected chi connectivity index (χ1v) is 10.6. The second kappa shape index (κ2) is 9.67. The lowest BCUT2D eigenvalue weighted by molar-refractivity contribution is -0.885. The maximum absolute atomic E-state index is 12.6. The van der Waals surface area contributed by atoms with Gasteiger partial charge in [0.05, 0.1) is 11.9 Å². The molecule has 0 aliphatic carbocycles. The van der Waals surface area contributed by atoms with Gasteiger partial charge in [0, 0.05) is 44.4 Å². The number of nitrogens with one attached hydrogen (secondary N) is 2. The van der Waals surface area contributed by atoms with Crippen LogP contribution in [0.1, 0.15) is 25.6 Å². The number of likely N-dealkylation sites (N-methyl/N-ethyl adjacent to an activating group) is 1. The highest BCUT2D eigenvalue weighted by molar-refractivity contribution is 7.12. The van der Waals surface area contributed by atoms with E-state index < -0.39 is 0 Å². The van der Waals surface area contributed by atoms with Crippen LogP contribution in [0.3, 0.4) is 0 Å². The van der Waals surface area contributed by atoms with Crippen molar-refractivity contribution in [2.24, 2.45) is 0 Å². The number of piperazine rings is 1. The number of rotatable bonds is 6. The Morgan fingerprint density at radius 2 is 1.69 bits per heavy atom. The minimum absolute atomic E-state index is 0.0510. The molecule has 2 heterocycles. The van der Waals surface area contributed by atoms with Crippen molar-refractivity contribution >= 4 is 29.1 Å². The van der Waals surface area contributed by atoms with Gasteiger partial charge in [-0.25, -0.2) is 0 Å². The van der Waals surface area contributed by atoms with Crippen molar-refractivity contribution in [3.63, 3.8) is 0 Å². The Morgan fingerprint density at radius 3 is 2.28 bits per heavy atom. The topological polar surface area (TPSA) is 74.2 Å². The molecule has 2 N–H and O–H groups in total.